The number of benzene rings is 2. The fourth-order valence-electron chi connectivity index (χ4n) is 3.61. The number of halogens is 1. The molecular formula is C23H25ClN4O4S. The summed E-state index contributed by atoms with van der Waals surface area (Å²) in [5.41, 5.74) is 0.915. The number of aromatic nitrogens is 3. The van der Waals surface area contributed by atoms with Gasteiger partial charge in [-0.3, -0.25) is 4.79 Å². The van der Waals surface area contributed by atoms with Crippen LogP contribution >= 0.6 is 23.4 Å². The molecule has 4 rings (SSSR count). The molecule has 174 valence electrons. The van der Waals surface area contributed by atoms with Gasteiger partial charge >= 0.3 is 0 Å². The minimum Gasteiger partial charge on any atom is -0.497 e. The Bertz CT molecular complexity index is 1140. The van der Waals surface area contributed by atoms with E-state index in [0.717, 1.165) is 17.1 Å². The zero-order valence-corrected chi connectivity index (χ0v) is 20.2. The predicted molar refractivity (Wildman–Crippen MR) is 126 cm³/mol. The molecule has 2 unspecified atom stereocenters. The monoisotopic (exact) mass is 488 g/mol. The van der Waals surface area contributed by atoms with Crippen molar-refractivity contribution < 1.29 is 19.0 Å². The number of hydrogen-bond acceptors (Lipinski definition) is 7. The van der Waals surface area contributed by atoms with Gasteiger partial charge in [-0.1, -0.05) is 29.4 Å². The molecule has 1 aliphatic heterocycles. The Morgan fingerprint density at radius 3 is 2.91 bits per heavy atom. The summed E-state index contributed by atoms with van der Waals surface area (Å²) in [6.45, 7) is 4.96. The van der Waals surface area contributed by atoms with Crippen LogP contribution in [0.1, 0.15) is 37.4 Å². The van der Waals surface area contributed by atoms with Gasteiger partial charge in [-0.25, -0.2) is 0 Å². The molecule has 0 bridgehead atoms. The van der Waals surface area contributed by atoms with Crippen LogP contribution in [0.25, 0.3) is 0 Å². The molecule has 33 heavy (non-hydrogen) atoms. The van der Waals surface area contributed by atoms with E-state index in [1.54, 1.807) is 19.2 Å². The molecule has 3 aromatic rings. The molecule has 1 aromatic heterocycles. The molecule has 1 aliphatic rings. The number of nitrogens with zero attached hydrogens (tertiary/aromatic N) is 3. The molecule has 1 amide bonds. The highest BCUT2D eigenvalue weighted by Gasteiger charge is 2.27. The molecule has 0 fully saturated rings. The van der Waals surface area contributed by atoms with Crippen molar-refractivity contribution in [1.82, 2.24) is 20.1 Å². The molecule has 0 saturated carbocycles. The maximum Gasteiger partial charge on any atom is 0.231 e. The van der Waals surface area contributed by atoms with E-state index in [9.17, 15) is 4.79 Å². The molecule has 1 N–H and O–H groups in total. The summed E-state index contributed by atoms with van der Waals surface area (Å²) in [5, 5.41) is 12.9. The first-order valence-corrected chi connectivity index (χ1v) is 11.9. The number of thioether (sulfide) groups is 1. The maximum atomic E-state index is 12.6. The van der Waals surface area contributed by atoms with Gasteiger partial charge in [0.15, 0.2) is 17.1 Å². The minimum atomic E-state index is -0.332. The Morgan fingerprint density at radius 1 is 1.30 bits per heavy atom. The molecule has 10 heteroatoms. The fraction of sp³-hybridized carbons (Fsp3) is 0.348. The highest BCUT2D eigenvalue weighted by atomic mass is 35.5. The van der Waals surface area contributed by atoms with Crippen molar-refractivity contribution in [3.8, 4) is 17.2 Å². The van der Waals surface area contributed by atoms with Crippen LogP contribution in [0, 0.1) is 0 Å². The zero-order valence-electron chi connectivity index (χ0n) is 18.6. The highest BCUT2D eigenvalue weighted by Crippen LogP contribution is 2.35. The quantitative estimate of drug-likeness (QED) is 0.445. The number of fused-ring (bicyclic) bond motifs is 1. The van der Waals surface area contributed by atoms with E-state index in [4.69, 9.17) is 25.8 Å². The summed E-state index contributed by atoms with van der Waals surface area (Å²) < 4.78 is 18.9. The second kappa shape index (κ2) is 10.4. The van der Waals surface area contributed by atoms with Crippen LogP contribution in [0.4, 0.5) is 0 Å². The van der Waals surface area contributed by atoms with E-state index in [2.05, 4.69) is 15.5 Å². The Balaban J connectivity index is 1.37. The van der Waals surface area contributed by atoms with E-state index < -0.39 is 0 Å². The van der Waals surface area contributed by atoms with Crippen LogP contribution in [0.3, 0.4) is 0 Å². The average molecular weight is 489 g/mol. The summed E-state index contributed by atoms with van der Waals surface area (Å²) in [5.74, 6) is 2.93. The largest absolute Gasteiger partial charge is 0.497 e. The summed E-state index contributed by atoms with van der Waals surface area (Å²) in [7, 11) is 1.61. The predicted octanol–water partition coefficient (Wildman–Crippen LogP) is 4.44. The number of carbonyl (C=O) groups excluding carboxylic acids is 1. The second-order valence-electron chi connectivity index (χ2n) is 7.43. The number of nitrogens with one attached hydrogen (secondary N) is 1. The lowest BCUT2D eigenvalue weighted by atomic mass is 10.1. The third kappa shape index (κ3) is 5.36. The van der Waals surface area contributed by atoms with Gasteiger partial charge < -0.3 is 24.1 Å². The van der Waals surface area contributed by atoms with Crippen LogP contribution in [-0.4, -0.2) is 40.1 Å². The normalized spacial score (nSPS) is 15.5. The Morgan fingerprint density at radius 2 is 2.15 bits per heavy atom. The van der Waals surface area contributed by atoms with E-state index in [1.807, 2.05) is 48.7 Å². The van der Waals surface area contributed by atoms with Crippen LogP contribution in [-0.2, 0) is 11.3 Å². The third-order valence-electron chi connectivity index (χ3n) is 5.20. The molecule has 0 aliphatic carbocycles. The average Bonchev–Trinajstić information content (AvgIpc) is 3.41. The standard InChI is InChI=1S/C23H25ClN4O4S/c1-4-28-22(14(2)32-17-7-5-6-15(24)10-17)26-27-23(28)33-13-21(29)25-19-12-31-20-9-8-16(30-3)11-18(19)20/h5-11,14,19H,4,12-13H2,1-3H3,(H,25,29). The van der Waals surface area contributed by atoms with Gasteiger partial charge in [-0.15, -0.1) is 10.2 Å². The first kappa shape index (κ1) is 23.3. The number of rotatable bonds is 9. The summed E-state index contributed by atoms with van der Waals surface area (Å²) in [6, 6.07) is 12.6. The number of methoxy groups -OCH3 is 1. The lowest BCUT2D eigenvalue weighted by molar-refractivity contribution is -0.119. The fourth-order valence-corrected chi connectivity index (χ4v) is 4.61. The second-order valence-corrected chi connectivity index (χ2v) is 8.80. The summed E-state index contributed by atoms with van der Waals surface area (Å²) in [6.07, 6.45) is -0.332. The van der Waals surface area contributed by atoms with E-state index in [-0.39, 0.29) is 23.8 Å². The van der Waals surface area contributed by atoms with Crippen molar-refractivity contribution in [3.63, 3.8) is 0 Å². The first-order chi connectivity index (χ1) is 16.0. The summed E-state index contributed by atoms with van der Waals surface area (Å²) >= 11 is 7.38. The minimum absolute atomic E-state index is 0.111. The zero-order chi connectivity index (χ0) is 23.4. The topological polar surface area (TPSA) is 87.5 Å². The smallest absolute Gasteiger partial charge is 0.231 e. The first-order valence-electron chi connectivity index (χ1n) is 10.6. The number of hydrogen-bond donors (Lipinski definition) is 1. The molecule has 2 heterocycles. The van der Waals surface area contributed by atoms with Gasteiger partial charge in [-0.05, 0) is 50.2 Å². The highest BCUT2D eigenvalue weighted by molar-refractivity contribution is 7.99. The molecule has 8 nitrogen and oxygen atoms in total. The number of ether oxygens (including phenoxy) is 3. The number of amides is 1. The van der Waals surface area contributed by atoms with Gasteiger partial charge in [0.05, 0.1) is 18.9 Å². The van der Waals surface area contributed by atoms with Crippen molar-refractivity contribution in [3.05, 3.63) is 58.9 Å². The van der Waals surface area contributed by atoms with Crippen molar-refractivity contribution in [1.29, 1.82) is 0 Å². The van der Waals surface area contributed by atoms with Gasteiger partial charge in [0.1, 0.15) is 23.9 Å². The van der Waals surface area contributed by atoms with E-state index in [1.165, 1.54) is 11.8 Å². The van der Waals surface area contributed by atoms with Crippen LogP contribution < -0.4 is 19.5 Å². The lowest BCUT2D eigenvalue weighted by Crippen LogP contribution is -2.30. The Hall–Kier alpha value is -2.91. The van der Waals surface area contributed by atoms with Crippen molar-refractivity contribution in [2.24, 2.45) is 0 Å². The van der Waals surface area contributed by atoms with Crippen molar-refractivity contribution in [2.45, 2.75) is 37.7 Å². The van der Waals surface area contributed by atoms with Crippen molar-refractivity contribution >= 4 is 29.3 Å². The van der Waals surface area contributed by atoms with Crippen LogP contribution in [0.15, 0.2) is 47.6 Å². The van der Waals surface area contributed by atoms with Crippen LogP contribution in [0.5, 0.6) is 17.2 Å². The van der Waals surface area contributed by atoms with Gasteiger partial charge in [-0.2, -0.15) is 0 Å². The molecule has 2 aromatic carbocycles. The van der Waals surface area contributed by atoms with Gasteiger partial charge in [0.2, 0.25) is 5.91 Å². The molecule has 0 saturated heterocycles. The van der Waals surface area contributed by atoms with Crippen molar-refractivity contribution in [2.75, 3.05) is 19.5 Å². The van der Waals surface area contributed by atoms with Gasteiger partial charge in [0, 0.05) is 17.1 Å². The molecule has 2 atom stereocenters. The lowest BCUT2D eigenvalue weighted by Gasteiger charge is -2.16. The Kier molecular flexibility index (Phi) is 7.29. The van der Waals surface area contributed by atoms with Gasteiger partial charge in [0.25, 0.3) is 0 Å². The van der Waals surface area contributed by atoms with E-state index >= 15 is 0 Å². The van der Waals surface area contributed by atoms with E-state index in [0.29, 0.717) is 34.9 Å². The maximum absolute atomic E-state index is 12.6. The number of carbonyl (C=O) groups is 1. The molecule has 0 spiro atoms. The SMILES string of the molecule is CCn1c(SCC(=O)NC2COc3ccc(OC)cc32)nnc1C(C)Oc1cccc(Cl)c1. The third-order valence-corrected chi connectivity index (χ3v) is 6.40. The molecule has 0 radical (unpaired) electrons. The van der Waals surface area contributed by atoms with Crippen LogP contribution in [0.2, 0.25) is 5.02 Å². The Labute approximate surface area is 201 Å². The molecular weight excluding hydrogens is 464 g/mol. The summed E-state index contributed by atoms with van der Waals surface area (Å²) in [4.78, 5) is 12.6.